The van der Waals surface area contributed by atoms with Crippen molar-refractivity contribution in [2.24, 2.45) is 0 Å². The first-order valence-corrected chi connectivity index (χ1v) is 13.0. The third kappa shape index (κ3) is 5.07. The summed E-state index contributed by atoms with van der Waals surface area (Å²) in [4.78, 5) is 29.6. The van der Waals surface area contributed by atoms with E-state index in [1.165, 1.54) is 0 Å². The number of hydrogen-bond donors (Lipinski definition) is 1. The summed E-state index contributed by atoms with van der Waals surface area (Å²) in [5.41, 5.74) is 6.61. The Bertz CT molecular complexity index is 1450. The Hall–Kier alpha value is -4.13. The molecular weight excluding hydrogens is 462 g/mol. The quantitative estimate of drug-likeness (QED) is 0.409. The van der Waals surface area contributed by atoms with Gasteiger partial charge in [0.05, 0.1) is 17.6 Å². The van der Waals surface area contributed by atoms with E-state index in [1.807, 2.05) is 36.2 Å². The minimum absolute atomic E-state index is 0.199. The van der Waals surface area contributed by atoms with Gasteiger partial charge in [0.15, 0.2) is 0 Å². The second-order valence-electron chi connectivity index (χ2n) is 9.77. The van der Waals surface area contributed by atoms with E-state index in [-0.39, 0.29) is 5.91 Å². The van der Waals surface area contributed by atoms with Crippen LogP contribution in [0.4, 0.5) is 5.82 Å². The van der Waals surface area contributed by atoms with Gasteiger partial charge >= 0.3 is 0 Å². The largest absolute Gasteiger partial charge is 0.493 e. The Morgan fingerprint density at radius 1 is 1.03 bits per heavy atom. The maximum Gasteiger partial charge on any atom is 0.226 e. The summed E-state index contributed by atoms with van der Waals surface area (Å²) in [5.74, 6) is 3.02. The zero-order valence-electron chi connectivity index (χ0n) is 21.1. The fraction of sp³-hybridized carbons (Fsp3) is 0.300. The number of benzene rings is 2. The average molecular weight is 494 g/mol. The van der Waals surface area contributed by atoms with E-state index in [9.17, 15) is 4.79 Å². The number of allylic oxidation sites excluding steroid dienone is 1. The first-order chi connectivity index (χ1) is 18.1. The lowest BCUT2D eigenvalue weighted by Crippen LogP contribution is -2.49. The van der Waals surface area contributed by atoms with E-state index in [2.05, 4.69) is 62.3 Å². The van der Waals surface area contributed by atoms with Gasteiger partial charge < -0.3 is 19.5 Å². The molecule has 2 aliphatic rings. The topological polar surface area (TPSA) is 74.3 Å². The highest BCUT2D eigenvalue weighted by Crippen LogP contribution is 2.31. The number of fused-ring (bicyclic) bond motifs is 2. The van der Waals surface area contributed by atoms with Crippen LogP contribution in [0.2, 0.25) is 0 Å². The predicted molar refractivity (Wildman–Crippen MR) is 146 cm³/mol. The third-order valence-electron chi connectivity index (χ3n) is 7.27. The number of H-pyrrole nitrogens is 1. The number of pyridine rings is 1. The molecule has 188 valence electrons. The number of amides is 1. The third-order valence-corrected chi connectivity index (χ3v) is 7.27. The fourth-order valence-electron chi connectivity index (χ4n) is 5.22. The Morgan fingerprint density at radius 2 is 1.86 bits per heavy atom. The van der Waals surface area contributed by atoms with Crippen LogP contribution < -0.4 is 9.64 Å². The number of aromatic amines is 1. The van der Waals surface area contributed by atoms with E-state index in [0.29, 0.717) is 13.0 Å². The number of aryl methyl sites for hydroxylation is 1. The van der Waals surface area contributed by atoms with Gasteiger partial charge in [-0.1, -0.05) is 29.8 Å². The van der Waals surface area contributed by atoms with Gasteiger partial charge in [-0.15, -0.1) is 0 Å². The SMILES string of the molecule is Cc1nc2ccc(-c3ccc4c(c3)C/C=C(/CC(=O)N3CCN(c5ccccn5)CC3)CCO4)cc2[nH]1. The molecule has 4 heterocycles. The normalized spacial score (nSPS) is 17.4. The highest BCUT2D eigenvalue weighted by Gasteiger charge is 2.23. The Kier molecular flexibility index (Phi) is 6.35. The number of aromatic nitrogens is 3. The summed E-state index contributed by atoms with van der Waals surface area (Å²) in [6.07, 6.45) is 6.03. The van der Waals surface area contributed by atoms with Crippen molar-refractivity contribution in [1.82, 2.24) is 19.9 Å². The summed E-state index contributed by atoms with van der Waals surface area (Å²) >= 11 is 0. The summed E-state index contributed by atoms with van der Waals surface area (Å²) in [7, 11) is 0. The van der Waals surface area contributed by atoms with Crippen molar-refractivity contribution >= 4 is 22.8 Å². The number of nitrogens with zero attached hydrogens (tertiary/aromatic N) is 4. The maximum atomic E-state index is 13.1. The minimum atomic E-state index is 0.199. The van der Waals surface area contributed by atoms with Crippen molar-refractivity contribution in [2.75, 3.05) is 37.7 Å². The van der Waals surface area contributed by atoms with Gasteiger partial charge in [0.1, 0.15) is 17.4 Å². The van der Waals surface area contributed by atoms with E-state index in [1.54, 1.807) is 0 Å². The standard InChI is InChI=1S/C30H31N5O2/c1-21-32-26-9-7-24(20-27(26)33-21)23-8-10-28-25(19-23)6-5-22(11-17-37-28)18-30(36)35-15-13-34(14-16-35)29-4-2-3-12-31-29/h2-5,7-10,12,19-20H,6,11,13-18H2,1H3,(H,32,33)/b22-5+. The molecule has 2 aromatic carbocycles. The van der Waals surface area contributed by atoms with E-state index >= 15 is 0 Å². The van der Waals surface area contributed by atoms with Crippen LogP contribution in [0.1, 0.15) is 24.2 Å². The number of carbonyl (C=O) groups excluding carboxylic acids is 1. The van der Waals surface area contributed by atoms with Gasteiger partial charge in [-0.2, -0.15) is 0 Å². The zero-order chi connectivity index (χ0) is 25.2. The van der Waals surface area contributed by atoms with Gasteiger partial charge in [-0.25, -0.2) is 9.97 Å². The Morgan fingerprint density at radius 3 is 2.70 bits per heavy atom. The molecule has 2 aromatic heterocycles. The molecule has 6 rings (SSSR count). The van der Waals surface area contributed by atoms with E-state index < -0.39 is 0 Å². The van der Waals surface area contributed by atoms with Crippen molar-refractivity contribution in [2.45, 2.75) is 26.2 Å². The van der Waals surface area contributed by atoms with Crippen molar-refractivity contribution in [3.8, 4) is 16.9 Å². The van der Waals surface area contributed by atoms with Crippen LogP contribution in [0.3, 0.4) is 0 Å². The lowest BCUT2D eigenvalue weighted by atomic mass is 9.97. The molecule has 7 nitrogen and oxygen atoms in total. The summed E-state index contributed by atoms with van der Waals surface area (Å²) < 4.78 is 6.12. The van der Waals surface area contributed by atoms with Gasteiger partial charge in [-0.05, 0) is 66.4 Å². The molecule has 1 N–H and O–H groups in total. The lowest BCUT2D eigenvalue weighted by molar-refractivity contribution is -0.130. The fourth-order valence-corrected chi connectivity index (χ4v) is 5.22. The smallest absolute Gasteiger partial charge is 0.226 e. The number of carbonyl (C=O) groups is 1. The highest BCUT2D eigenvalue weighted by atomic mass is 16.5. The molecule has 0 bridgehead atoms. The second kappa shape index (κ2) is 10.1. The molecule has 0 spiro atoms. The highest BCUT2D eigenvalue weighted by molar-refractivity contribution is 5.82. The number of nitrogens with one attached hydrogen (secondary N) is 1. The molecule has 4 aromatic rings. The van der Waals surface area contributed by atoms with Crippen LogP contribution in [0.15, 0.2) is 72.4 Å². The Balaban J connectivity index is 1.12. The number of hydrogen-bond acceptors (Lipinski definition) is 5. The molecule has 0 saturated carbocycles. The molecule has 0 aliphatic carbocycles. The van der Waals surface area contributed by atoms with E-state index in [0.717, 1.165) is 89.7 Å². The molecule has 0 atom stereocenters. The number of piperazine rings is 1. The van der Waals surface area contributed by atoms with Gasteiger partial charge in [0.25, 0.3) is 0 Å². The molecule has 0 unspecified atom stereocenters. The summed E-state index contributed by atoms with van der Waals surface area (Å²) in [6, 6.07) is 18.7. The molecule has 1 amide bonds. The van der Waals surface area contributed by atoms with Crippen molar-refractivity contribution < 1.29 is 9.53 Å². The van der Waals surface area contributed by atoms with Crippen LogP contribution in [0.5, 0.6) is 5.75 Å². The van der Waals surface area contributed by atoms with Crippen LogP contribution in [-0.4, -0.2) is 58.5 Å². The lowest BCUT2D eigenvalue weighted by Gasteiger charge is -2.35. The monoisotopic (exact) mass is 493 g/mol. The maximum absolute atomic E-state index is 13.1. The second-order valence-corrected chi connectivity index (χ2v) is 9.77. The summed E-state index contributed by atoms with van der Waals surface area (Å²) in [6.45, 7) is 5.63. The predicted octanol–water partition coefficient (Wildman–Crippen LogP) is 4.92. The van der Waals surface area contributed by atoms with Crippen LogP contribution in [0, 0.1) is 6.92 Å². The van der Waals surface area contributed by atoms with Gasteiger partial charge in [0, 0.05) is 45.2 Å². The Labute approximate surface area is 216 Å². The van der Waals surface area contributed by atoms with Crippen molar-refractivity contribution in [3.05, 3.63) is 83.8 Å². The molecule has 7 heteroatoms. The first kappa shape index (κ1) is 23.3. The zero-order valence-corrected chi connectivity index (χ0v) is 21.1. The van der Waals surface area contributed by atoms with E-state index in [4.69, 9.17) is 4.74 Å². The number of ether oxygens (including phenoxy) is 1. The number of imidazole rings is 1. The van der Waals surface area contributed by atoms with Crippen LogP contribution in [0.25, 0.3) is 22.2 Å². The van der Waals surface area contributed by atoms with Crippen molar-refractivity contribution in [3.63, 3.8) is 0 Å². The molecule has 2 aliphatic heterocycles. The number of rotatable bonds is 4. The van der Waals surface area contributed by atoms with Gasteiger partial charge in [-0.3, -0.25) is 4.79 Å². The van der Waals surface area contributed by atoms with Gasteiger partial charge in [0.2, 0.25) is 5.91 Å². The minimum Gasteiger partial charge on any atom is -0.493 e. The molecular formula is C30H31N5O2. The molecule has 1 saturated heterocycles. The van der Waals surface area contributed by atoms with Crippen molar-refractivity contribution in [1.29, 1.82) is 0 Å². The first-order valence-electron chi connectivity index (χ1n) is 13.0. The average Bonchev–Trinajstić information content (AvgIpc) is 3.30. The van der Waals surface area contributed by atoms with Crippen LogP contribution in [-0.2, 0) is 11.2 Å². The molecule has 0 radical (unpaired) electrons. The molecule has 1 fully saturated rings. The summed E-state index contributed by atoms with van der Waals surface area (Å²) in [5, 5.41) is 0. The van der Waals surface area contributed by atoms with Crippen LogP contribution >= 0.6 is 0 Å². The number of anilines is 1. The molecule has 37 heavy (non-hydrogen) atoms.